The average molecular weight is 294 g/mol. The molecule has 2 rings (SSSR count). The molecule has 4 heteroatoms. The molecule has 0 aromatic rings. The molecule has 2 aliphatic rings. The minimum Gasteiger partial charge on any atom is -0.357 e. The molecule has 1 saturated heterocycles. The standard InChI is InChI=1S/C17H34N4/c1-5-18-15(19-11-12-20-16(2,3)4)21-13-10-17(14-21)8-6-7-9-17/h20H,5-14H2,1-4H3,(H,18,19). The van der Waals surface area contributed by atoms with Gasteiger partial charge in [-0.2, -0.15) is 0 Å². The number of hydrogen-bond donors (Lipinski definition) is 2. The van der Waals surface area contributed by atoms with Crippen molar-refractivity contribution in [2.45, 2.75) is 65.3 Å². The molecular formula is C17H34N4. The molecule has 0 bridgehead atoms. The van der Waals surface area contributed by atoms with Crippen LogP contribution in [0.4, 0.5) is 0 Å². The summed E-state index contributed by atoms with van der Waals surface area (Å²) in [7, 11) is 0. The van der Waals surface area contributed by atoms with E-state index in [0.29, 0.717) is 5.41 Å². The fourth-order valence-electron chi connectivity index (χ4n) is 3.67. The lowest BCUT2D eigenvalue weighted by Gasteiger charge is -2.26. The van der Waals surface area contributed by atoms with Crippen molar-refractivity contribution in [2.75, 3.05) is 32.7 Å². The first-order valence-corrected chi connectivity index (χ1v) is 8.72. The van der Waals surface area contributed by atoms with E-state index in [1.54, 1.807) is 0 Å². The van der Waals surface area contributed by atoms with Crippen LogP contribution in [0, 0.1) is 5.41 Å². The quantitative estimate of drug-likeness (QED) is 0.476. The van der Waals surface area contributed by atoms with Crippen molar-refractivity contribution in [1.29, 1.82) is 0 Å². The van der Waals surface area contributed by atoms with Gasteiger partial charge in [0.2, 0.25) is 0 Å². The van der Waals surface area contributed by atoms with Gasteiger partial charge < -0.3 is 15.5 Å². The van der Waals surface area contributed by atoms with Gasteiger partial charge in [-0.25, -0.2) is 0 Å². The van der Waals surface area contributed by atoms with Crippen molar-refractivity contribution in [3.63, 3.8) is 0 Å². The van der Waals surface area contributed by atoms with Crippen molar-refractivity contribution in [3.05, 3.63) is 0 Å². The van der Waals surface area contributed by atoms with Crippen molar-refractivity contribution in [1.82, 2.24) is 15.5 Å². The van der Waals surface area contributed by atoms with Gasteiger partial charge in [0, 0.05) is 31.7 Å². The summed E-state index contributed by atoms with van der Waals surface area (Å²) in [5.41, 5.74) is 0.787. The zero-order chi connectivity index (χ0) is 15.3. The van der Waals surface area contributed by atoms with Crippen molar-refractivity contribution >= 4 is 5.96 Å². The average Bonchev–Trinajstić information content (AvgIpc) is 3.03. The third-order valence-corrected chi connectivity index (χ3v) is 4.77. The summed E-state index contributed by atoms with van der Waals surface area (Å²) < 4.78 is 0. The van der Waals surface area contributed by atoms with Crippen LogP contribution in [-0.4, -0.2) is 49.1 Å². The first kappa shape index (κ1) is 16.6. The van der Waals surface area contributed by atoms with Gasteiger partial charge in [-0.1, -0.05) is 12.8 Å². The molecule has 0 atom stereocenters. The number of aliphatic imine (C=N–C) groups is 1. The molecule has 1 heterocycles. The van der Waals surface area contributed by atoms with E-state index in [9.17, 15) is 0 Å². The van der Waals surface area contributed by atoms with Crippen LogP contribution in [0.1, 0.15) is 59.8 Å². The highest BCUT2D eigenvalue weighted by Crippen LogP contribution is 2.45. The maximum Gasteiger partial charge on any atom is 0.193 e. The van der Waals surface area contributed by atoms with Crippen LogP contribution in [0.15, 0.2) is 4.99 Å². The molecular weight excluding hydrogens is 260 g/mol. The normalized spacial score (nSPS) is 22.3. The topological polar surface area (TPSA) is 39.7 Å². The van der Waals surface area contributed by atoms with E-state index in [1.807, 2.05) is 0 Å². The number of rotatable bonds is 4. The van der Waals surface area contributed by atoms with Crippen LogP contribution in [0.25, 0.3) is 0 Å². The fourth-order valence-corrected chi connectivity index (χ4v) is 3.67. The predicted octanol–water partition coefficient (Wildman–Crippen LogP) is 2.61. The van der Waals surface area contributed by atoms with Crippen LogP contribution in [0.5, 0.6) is 0 Å². The van der Waals surface area contributed by atoms with E-state index < -0.39 is 0 Å². The second-order valence-electron chi connectivity index (χ2n) is 7.79. The number of nitrogens with zero attached hydrogens (tertiary/aromatic N) is 2. The van der Waals surface area contributed by atoms with Gasteiger partial charge in [0.1, 0.15) is 0 Å². The smallest absolute Gasteiger partial charge is 0.193 e. The first-order valence-electron chi connectivity index (χ1n) is 8.72. The van der Waals surface area contributed by atoms with Crippen molar-refractivity contribution in [3.8, 4) is 0 Å². The van der Waals surface area contributed by atoms with Gasteiger partial charge in [0.15, 0.2) is 5.96 Å². The molecule has 4 nitrogen and oxygen atoms in total. The Morgan fingerprint density at radius 3 is 2.52 bits per heavy atom. The molecule has 0 unspecified atom stereocenters. The molecule has 2 fully saturated rings. The first-order chi connectivity index (χ1) is 9.94. The summed E-state index contributed by atoms with van der Waals surface area (Å²) in [5.74, 6) is 1.12. The van der Waals surface area contributed by atoms with Crippen LogP contribution >= 0.6 is 0 Å². The summed E-state index contributed by atoms with van der Waals surface area (Å²) >= 11 is 0. The highest BCUT2D eigenvalue weighted by molar-refractivity contribution is 5.80. The Bertz CT molecular complexity index is 350. The minimum absolute atomic E-state index is 0.176. The van der Waals surface area contributed by atoms with Crippen LogP contribution in [0.2, 0.25) is 0 Å². The van der Waals surface area contributed by atoms with E-state index in [-0.39, 0.29) is 5.54 Å². The Hall–Kier alpha value is -0.770. The van der Waals surface area contributed by atoms with Crippen LogP contribution in [0.3, 0.4) is 0 Å². The Kier molecular flexibility index (Phi) is 5.53. The number of hydrogen-bond acceptors (Lipinski definition) is 2. The molecule has 0 radical (unpaired) electrons. The highest BCUT2D eigenvalue weighted by atomic mass is 15.3. The third kappa shape index (κ3) is 4.87. The molecule has 0 amide bonds. The van der Waals surface area contributed by atoms with Crippen LogP contribution in [-0.2, 0) is 0 Å². The summed E-state index contributed by atoms with van der Waals surface area (Å²) in [4.78, 5) is 7.31. The van der Waals surface area contributed by atoms with Gasteiger partial charge in [-0.15, -0.1) is 0 Å². The number of nitrogens with one attached hydrogen (secondary N) is 2. The molecule has 1 spiro atoms. The monoisotopic (exact) mass is 294 g/mol. The largest absolute Gasteiger partial charge is 0.357 e. The Morgan fingerprint density at radius 2 is 1.90 bits per heavy atom. The second-order valence-corrected chi connectivity index (χ2v) is 7.79. The lowest BCUT2D eigenvalue weighted by molar-refractivity contribution is 0.309. The molecule has 1 aliphatic heterocycles. The molecule has 0 aromatic heterocycles. The zero-order valence-corrected chi connectivity index (χ0v) is 14.5. The molecule has 2 N–H and O–H groups in total. The fraction of sp³-hybridized carbons (Fsp3) is 0.941. The maximum absolute atomic E-state index is 4.82. The minimum atomic E-state index is 0.176. The highest BCUT2D eigenvalue weighted by Gasteiger charge is 2.41. The number of likely N-dealkylation sites (tertiary alicyclic amines) is 1. The van der Waals surface area contributed by atoms with Crippen molar-refractivity contribution < 1.29 is 0 Å². The molecule has 1 aliphatic carbocycles. The lowest BCUT2D eigenvalue weighted by Crippen LogP contribution is -2.42. The van der Waals surface area contributed by atoms with E-state index >= 15 is 0 Å². The molecule has 0 aromatic carbocycles. The van der Waals surface area contributed by atoms with Gasteiger partial charge in [0.25, 0.3) is 0 Å². The van der Waals surface area contributed by atoms with E-state index in [0.717, 1.165) is 25.6 Å². The van der Waals surface area contributed by atoms with E-state index in [2.05, 4.69) is 43.2 Å². The Balaban J connectivity index is 1.86. The van der Waals surface area contributed by atoms with Gasteiger partial charge >= 0.3 is 0 Å². The van der Waals surface area contributed by atoms with Crippen LogP contribution < -0.4 is 10.6 Å². The van der Waals surface area contributed by atoms with E-state index in [1.165, 1.54) is 45.2 Å². The molecule has 1 saturated carbocycles. The predicted molar refractivity (Wildman–Crippen MR) is 90.8 cm³/mol. The summed E-state index contributed by atoms with van der Waals surface area (Å²) in [5, 5.41) is 6.98. The van der Waals surface area contributed by atoms with E-state index in [4.69, 9.17) is 4.99 Å². The Labute approximate surface area is 130 Å². The Morgan fingerprint density at radius 1 is 1.19 bits per heavy atom. The van der Waals surface area contributed by atoms with Gasteiger partial charge in [0.05, 0.1) is 6.54 Å². The summed E-state index contributed by atoms with van der Waals surface area (Å²) in [6.45, 7) is 13.9. The second kappa shape index (κ2) is 6.99. The zero-order valence-electron chi connectivity index (χ0n) is 14.5. The maximum atomic E-state index is 4.82. The van der Waals surface area contributed by atoms with Gasteiger partial charge in [-0.05, 0) is 52.4 Å². The third-order valence-electron chi connectivity index (χ3n) is 4.77. The summed E-state index contributed by atoms with van der Waals surface area (Å²) in [6, 6.07) is 0. The number of guanidine groups is 1. The summed E-state index contributed by atoms with van der Waals surface area (Å²) in [6.07, 6.45) is 7.06. The molecule has 21 heavy (non-hydrogen) atoms. The van der Waals surface area contributed by atoms with Gasteiger partial charge in [-0.3, -0.25) is 4.99 Å². The molecule has 122 valence electrons. The lowest BCUT2D eigenvalue weighted by atomic mass is 9.86. The SMILES string of the molecule is CCNC(=NCCNC(C)(C)C)N1CCC2(CCCC2)C1. The van der Waals surface area contributed by atoms with Crippen molar-refractivity contribution in [2.24, 2.45) is 10.4 Å².